The number of hydrogen-bond donors (Lipinski definition) is 0. The molecule has 0 amide bonds. The first kappa shape index (κ1) is 19.7. The molecule has 0 aliphatic carbocycles. The lowest BCUT2D eigenvalue weighted by molar-refractivity contribution is 0.170. The fourth-order valence-corrected chi connectivity index (χ4v) is 8.35. The summed E-state index contributed by atoms with van der Waals surface area (Å²) in [5.41, 5.74) is 0. The molecule has 1 atom stereocenters. The first-order valence-electron chi connectivity index (χ1n) is 7.64. The molecule has 0 rings (SSSR count). The van der Waals surface area contributed by atoms with Crippen LogP contribution in [0.2, 0.25) is 32.2 Å². The van der Waals surface area contributed by atoms with Crippen LogP contribution in [0.15, 0.2) is 0 Å². The molecule has 0 aromatic rings. The van der Waals surface area contributed by atoms with Gasteiger partial charge in [0.15, 0.2) is 0 Å². The molecule has 0 heterocycles. The average molecular weight is 323 g/mol. The molecule has 0 N–H and O–H groups in total. The highest BCUT2D eigenvalue weighted by Crippen LogP contribution is 2.27. The lowest BCUT2D eigenvalue weighted by atomic mass is 10.3. The van der Waals surface area contributed by atoms with Gasteiger partial charge in [-0.15, -0.1) is 0 Å². The number of rotatable bonds is 11. The summed E-state index contributed by atoms with van der Waals surface area (Å²) in [5, 5.41) is 0. The van der Waals surface area contributed by atoms with Gasteiger partial charge in [-0.1, -0.05) is 40.4 Å². The van der Waals surface area contributed by atoms with E-state index in [1.165, 1.54) is 5.75 Å². The minimum Gasteiger partial charge on any atom is -0.394 e. The van der Waals surface area contributed by atoms with Gasteiger partial charge in [0.25, 0.3) is 0 Å². The first-order chi connectivity index (χ1) is 8.72. The van der Waals surface area contributed by atoms with E-state index in [1.807, 2.05) is 0 Å². The summed E-state index contributed by atoms with van der Waals surface area (Å²) in [5.74, 6) is 1.95. The molecule has 1 unspecified atom stereocenters. The molecule has 0 aliphatic rings. The molecule has 0 fully saturated rings. The second-order valence-corrected chi connectivity index (χ2v) is 19.2. The quantitative estimate of drug-likeness (QED) is 0.492. The molecule has 19 heavy (non-hydrogen) atoms. The fourth-order valence-electron chi connectivity index (χ4n) is 1.88. The van der Waals surface area contributed by atoms with Crippen molar-refractivity contribution in [3.05, 3.63) is 0 Å². The predicted octanol–water partition coefficient (Wildman–Crippen LogP) is 5.12. The summed E-state index contributed by atoms with van der Waals surface area (Å²) >= 11 is 2.18. The number of hydrogen-bond acceptors (Lipinski definition) is 3. The molecule has 0 bridgehead atoms. The highest BCUT2D eigenvalue weighted by atomic mass is 32.4. The van der Waals surface area contributed by atoms with Crippen molar-refractivity contribution in [1.82, 2.24) is 0 Å². The van der Waals surface area contributed by atoms with Crippen LogP contribution in [0.3, 0.4) is 0 Å². The Morgan fingerprint density at radius 3 is 1.79 bits per heavy atom. The van der Waals surface area contributed by atoms with E-state index in [0.29, 0.717) is 5.92 Å². The van der Waals surface area contributed by atoms with Gasteiger partial charge in [0.1, 0.15) is 7.22 Å². The Balaban J connectivity index is 4.28. The summed E-state index contributed by atoms with van der Waals surface area (Å²) in [6, 6.07) is 1.13. The third-order valence-electron chi connectivity index (χ3n) is 2.74. The lowest BCUT2D eigenvalue weighted by Gasteiger charge is -2.30. The molecule has 2 nitrogen and oxygen atoms in total. The maximum atomic E-state index is 6.10. The van der Waals surface area contributed by atoms with Crippen LogP contribution < -0.4 is 0 Å². The summed E-state index contributed by atoms with van der Waals surface area (Å²) in [4.78, 5) is 0. The third-order valence-corrected chi connectivity index (χ3v) is 10.5. The van der Waals surface area contributed by atoms with Gasteiger partial charge < -0.3 is 8.85 Å². The van der Waals surface area contributed by atoms with Crippen LogP contribution in [0.25, 0.3) is 0 Å². The van der Waals surface area contributed by atoms with Gasteiger partial charge in [-0.25, -0.2) is 0 Å². The Hall–Kier alpha value is 0.704. The molecular weight excluding hydrogens is 288 g/mol. The van der Waals surface area contributed by atoms with Crippen LogP contribution in [0.5, 0.6) is 0 Å². The minimum atomic E-state index is -1.95. The molecule has 0 radical (unpaired) electrons. The van der Waals surface area contributed by atoms with Crippen molar-refractivity contribution in [2.75, 3.05) is 19.0 Å². The Kier molecular flexibility index (Phi) is 9.96. The smallest absolute Gasteiger partial charge is 0.335 e. The Morgan fingerprint density at radius 2 is 1.42 bits per heavy atom. The molecule has 0 saturated heterocycles. The topological polar surface area (TPSA) is 18.5 Å². The van der Waals surface area contributed by atoms with Crippen molar-refractivity contribution < 1.29 is 8.85 Å². The van der Waals surface area contributed by atoms with E-state index in [1.54, 1.807) is 0 Å². The van der Waals surface area contributed by atoms with Gasteiger partial charge in [-0.2, -0.15) is 11.2 Å². The Bertz CT molecular complexity index is 224. The standard InChI is InChI=1S/C14H34O2SSi2/c1-8-10-15-19(7,16-11-9-2)13-14(3)12-17-18(4,5)6/h14H,8-13H2,1-7H3. The summed E-state index contributed by atoms with van der Waals surface area (Å²) < 4.78 is 12.2. The summed E-state index contributed by atoms with van der Waals surface area (Å²) in [7, 11) is -2.94. The monoisotopic (exact) mass is 322 g/mol. The van der Waals surface area contributed by atoms with Crippen molar-refractivity contribution in [3.63, 3.8) is 0 Å². The van der Waals surface area contributed by atoms with Crippen molar-refractivity contribution in [2.45, 2.75) is 65.8 Å². The van der Waals surface area contributed by atoms with Gasteiger partial charge in [0, 0.05) is 13.2 Å². The van der Waals surface area contributed by atoms with Gasteiger partial charge >= 0.3 is 8.56 Å². The zero-order chi connectivity index (χ0) is 14.9. The SMILES string of the molecule is CCCO[Si](C)(CC(C)CS[Si](C)(C)C)OCCC. The van der Waals surface area contributed by atoms with Gasteiger partial charge in [0.05, 0.1) is 0 Å². The maximum absolute atomic E-state index is 6.10. The molecule has 0 aliphatic heterocycles. The van der Waals surface area contributed by atoms with Gasteiger partial charge in [-0.05, 0) is 37.1 Å². The second-order valence-electron chi connectivity index (χ2n) is 6.56. The van der Waals surface area contributed by atoms with E-state index in [0.717, 1.165) is 32.1 Å². The van der Waals surface area contributed by atoms with Crippen molar-refractivity contribution >= 4 is 27.0 Å². The molecule has 0 spiro atoms. The zero-order valence-electron chi connectivity index (χ0n) is 14.0. The maximum Gasteiger partial charge on any atom is 0.335 e. The minimum absolute atomic E-state index is 0.696. The largest absolute Gasteiger partial charge is 0.394 e. The predicted molar refractivity (Wildman–Crippen MR) is 93.9 cm³/mol. The van der Waals surface area contributed by atoms with Crippen LogP contribution in [-0.2, 0) is 8.85 Å². The van der Waals surface area contributed by atoms with E-state index >= 15 is 0 Å². The molecule has 5 heteroatoms. The van der Waals surface area contributed by atoms with E-state index in [9.17, 15) is 0 Å². The van der Waals surface area contributed by atoms with Crippen LogP contribution in [0.4, 0.5) is 0 Å². The average Bonchev–Trinajstić information content (AvgIpc) is 2.31. The van der Waals surface area contributed by atoms with Crippen molar-refractivity contribution in [3.8, 4) is 0 Å². The van der Waals surface area contributed by atoms with Crippen molar-refractivity contribution in [1.29, 1.82) is 0 Å². The highest BCUT2D eigenvalue weighted by molar-refractivity contribution is 8.28. The summed E-state index contributed by atoms with van der Waals surface area (Å²) in [6.07, 6.45) is 2.16. The van der Waals surface area contributed by atoms with Gasteiger partial charge in [-0.3, -0.25) is 0 Å². The van der Waals surface area contributed by atoms with E-state index in [-0.39, 0.29) is 0 Å². The summed E-state index contributed by atoms with van der Waals surface area (Å²) in [6.45, 7) is 17.9. The Labute approximate surface area is 126 Å². The molecule has 0 saturated carbocycles. The highest BCUT2D eigenvalue weighted by Gasteiger charge is 2.33. The molecule has 0 aromatic heterocycles. The fraction of sp³-hybridized carbons (Fsp3) is 1.00. The first-order valence-corrected chi connectivity index (χ1v) is 15.4. The molecular formula is C14H34O2SSi2. The Morgan fingerprint density at radius 1 is 0.947 bits per heavy atom. The van der Waals surface area contributed by atoms with Gasteiger partial charge in [0.2, 0.25) is 0 Å². The normalized spacial score (nSPS) is 14.7. The molecule has 116 valence electrons. The van der Waals surface area contributed by atoms with E-state index in [4.69, 9.17) is 8.85 Å². The van der Waals surface area contributed by atoms with Crippen LogP contribution in [0.1, 0.15) is 33.6 Å². The third kappa shape index (κ3) is 11.1. The second kappa shape index (κ2) is 9.61. The lowest BCUT2D eigenvalue weighted by Crippen LogP contribution is -2.41. The van der Waals surface area contributed by atoms with E-state index < -0.39 is 15.8 Å². The zero-order valence-corrected chi connectivity index (χ0v) is 16.9. The van der Waals surface area contributed by atoms with E-state index in [2.05, 4.69) is 58.2 Å². The van der Waals surface area contributed by atoms with Crippen LogP contribution >= 0.6 is 11.2 Å². The van der Waals surface area contributed by atoms with Crippen LogP contribution in [0, 0.1) is 5.92 Å². The van der Waals surface area contributed by atoms with Crippen molar-refractivity contribution in [2.24, 2.45) is 5.92 Å². The molecule has 0 aromatic carbocycles. The van der Waals surface area contributed by atoms with Crippen LogP contribution in [-0.4, -0.2) is 34.8 Å².